The molecule has 0 fully saturated rings. The quantitative estimate of drug-likeness (QED) is 0.610. The van der Waals surface area contributed by atoms with Crippen molar-refractivity contribution in [1.82, 2.24) is 10.3 Å². The van der Waals surface area contributed by atoms with E-state index in [1.165, 1.54) is 6.92 Å². The molecule has 3 aromatic rings. The van der Waals surface area contributed by atoms with Gasteiger partial charge in [0.2, 0.25) is 5.91 Å². The minimum absolute atomic E-state index is 0.192. The van der Waals surface area contributed by atoms with Crippen molar-refractivity contribution in [2.45, 2.75) is 26.0 Å². The number of H-pyrrole nitrogens is 1. The number of hydrogen-bond acceptors (Lipinski definition) is 3. The Hall–Kier alpha value is -3.28. The zero-order valence-corrected chi connectivity index (χ0v) is 14.4. The molecule has 0 aliphatic carbocycles. The van der Waals surface area contributed by atoms with Crippen molar-refractivity contribution in [3.05, 3.63) is 65.9 Å². The van der Waals surface area contributed by atoms with Crippen LogP contribution < -0.4 is 10.1 Å². The zero-order valence-electron chi connectivity index (χ0n) is 14.4. The Bertz CT molecular complexity index is 918. The summed E-state index contributed by atoms with van der Waals surface area (Å²) in [5.41, 5.74) is 2.68. The Morgan fingerprint density at radius 1 is 1.15 bits per heavy atom. The van der Waals surface area contributed by atoms with Gasteiger partial charge in [0.05, 0.1) is 5.52 Å². The second-order valence-corrected chi connectivity index (χ2v) is 6.06. The zero-order chi connectivity index (χ0) is 18.5. The molecule has 6 nitrogen and oxygen atoms in total. The van der Waals surface area contributed by atoms with E-state index >= 15 is 0 Å². The topological polar surface area (TPSA) is 91.4 Å². The summed E-state index contributed by atoms with van der Waals surface area (Å²) in [4.78, 5) is 25.8. The Kier molecular flexibility index (Phi) is 5.22. The van der Waals surface area contributed by atoms with E-state index in [4.69, 9.17) is 4.74 Å². The summed E-state index contributed by atoms with van der Waals surface area (Å²) in [6, 6.07) is 14.5. The third-order valence-corrected chi connectivity index (χ3v) is 4.10. The van der Waals surface area contributed by atoms with Gasteiger partial charge in [0.25, 0.3) is 0 Å². The first-order valence-electron chi connectivity index (χ1n) is 8.30. The van der Waals surface area contributed by atoms with Crippen molar-refractivity contribution >= 4 is 22.8 Å². The lowest BCUT2D eigenvalue weighted by atomic mass is 10.0. The lowest BCUT2D eigenvalue weighted by Crippen LogP contribution is -2.41. The molecule has 0 aliphatic heterocycles. The van der Waals surface area contributed by atoms with Crippen LogP contribution in [0.1, 0.15) is 18.1 Å². The number of hydrogen-bond donors (Lipinski definition) is 3. The van der Waals surface area contributed by atoms with Gasteiger partial charge < -0.3 is 20.1 Å². The molecule has 1 heterocycles. The lowest BCUT2D eigenvalue weighted by Gasteiger charge is -2.12. The lowest BCUT2D eigenvalue weighted by molar-refractivity contribution is -0.141. The molecular formula is C20H20N2O4. The van der Waals surface area contributed by atoms with Crippen molar-refractivity contribution in [1.29, 1.82) is 0 Å². The van der Waals surface area contributed by atoms with Gasteiger partial charge in [-0.05, 0) is 17.2 Å². The number of carboxylic acids is 1. The van der Waals surface area contributed by atoms with E-state index in [1.54, 1.807) is 6.20 Å². The van der Waals surface area contributed by atoms with Gasteiger partial charge >= 0.3 is 5.97 Å². The molecule has 1 atom stereocenters. The van der Waals surface area contributed by atoms with Crippen LogP contribution in [0.3, 0.4) is 0 Å². The van der Waals surface area contributed by atoms with E-state index in [0.717, 1.165) is 22.0 Å². The van der Waals surface area contributed by atoms with Crippen molar-refractivity contribution in [3.8, 4) is 5.75 Å². The number of aromatic nitrogens is 1. The van der Waals surface area contributed by atoms with Crippen LogP contribution in [0.5, 0.6) is 5.75 Å². The van der Waals surface area contributed by atoms with E-state index in [9.17, 15) is 14.7 Å². The van der Waals surface area contributed by atoms with Gasteiger partial charge in [-0.15, -0.1) is 0 Å². The third-order valence-electron chi connectivity index (χ3n) is 4.10. The number of para-hydroxylation sites is 1. The fourth-order valence-electron chi connectivity index (χ4n) is 2.87. The largest absolute Gasteiger partial charge is 0.487 e. The molecule has 0 saturated carbocycles. The summed E-state index contributed by atoms with van der Waals surface area (Å²) in [6.07, 6.45) is 1.95. The van der Waals surface area contributed by atoms with E-state index in [2.05, 4.69) is 10.3 Å². The molecule has 6 heteroatoms. The van der Waals surface area contributed by atoms with Crippen LogP contribution in [-0.2, 0) is 22.6 Å². The van der Waals surface area contributed by atoms with Crippen LogP contribution in [0.4, 0.5) is 0 Å². The molecule has 0 spiro atoms. The predicted molar refractivity (Wildman–Crippen MR) is 98.0 cm³/mol. The van der Waals surface area contributed by atoms with Gasteiger partial charge in [0.1, 0.15) is 18.4 Å². The predicted octanol–water partition coefficient (Wildman–Crippen LogP) is 2.88. The molecule has 3 N–H and O–H groups in total. The molecule has 26 heavy (non-hydrogen) atoms. The molecule has 1 aromatic heterocycles. The third kappa shape index (κ3) is 4.03. The second-order valence-electron chi connectivity index (χ2n) is 6.06. The van der Waals surface area contributed by atoms with Crippen LogP contribution >= 0.6 is 0 Å². The SMILES string of the molecule is CC(=O)N[C@H](Cc1c[nH]c2c(OCc3ccccc3)cccc12)C(=O)O. The highest BCUT2D eigenvalue weighted by Gasteiger charge is 2.21. The van der Waals surface area contributed by atoms with Crippen LogP contribution in [-0.4, -0.2) is 28.0 Å². The first-order valence-corrected chi connectivity index (χ1v) is 8.30. The Balaban J connectivity index is 1.81. The molecule has 0 bridgehead atoms. The summed E-state index contributed by atoms with van der Waals surface area (Å²) in [5.74, 6) is -0.737. The number of rotatable bonds is 7. The molecule has 3 rings (SSSR count). The highest BCUT2D eigenvalue weighted by molar-refractivity contribution is 5.89. The van der Waals surface area contributed by atoms with Crippen LogP contribution in [0, 0.1) is 0 Å². The van der Waals surface area contributed by atoms with Crippen LogP contribution in [0.25, 0.3) is 10.9 Å². The van der Waals surface area contributed by atoms with Gasteiger partial charge in [0.15, 0.2) is 0 Å². The number of aromatic amines is 1. The molecule has 0 saturated heterocycles. The van der Waals surface area contributed by atoms with Gasteiger partial charge in [-0.2, -0.15) is 0 Å². The maximum atomic E-state index is 11.4. The summed E-state index contributed by atoms with van der Waals surface area (Å²) in [5, 5.41) is 12.6. The molecule has 2 aromatic carbocycles. The normalized spacial score (nSPS) is 11.9. The van der Waals surface area contributed by atoms with E-state index in [0.29, 0.717) is 12.4 Å². The summed E-state index contributed by atoms with van der Waals surface area (Å²) >= 11 is 0. The van der Waals surface area contributed by atoms with E-state index in [-0.39, 0.29) is 12.3 Å². The Labute approximate surface area is 150 Å². The number of amides is 1. The van der Waals surface area contributed by atoms with Crippen molar-refractivity contribution in [2.75, 3.05) is 0 Å². The minimum atomic E-state index is -1.06. The van der Waals surface area contributed by atoms with E-state index < -0.39 is 12.0 Å². The number of ether oxygens (including phenoxy) is 1. The number of fused-ring (bicyclic) bond motifs is 1. The number of benzene rings is 2. The highest BCUT2D eigenvalue weighted by Crippen LogP contribution is 2.28. The van der Waals surface area contributed by atoms with Crippen LogP contribution in [0.2, 0.25) is 0 Å². The number of carbonyl (C=O) groups excluding carboxylic acids is 1. The number of nitrogens with one attached hydrogen (secondary N) is 2. The Morgan fingerprint density at radius 3 is 2.62 bits per heavy atom. The summed E-state index contributed by atoms with van der Waals surface area (Å²) in [6.45, 7) is 1.75. The fraction of sp³-hybridized carbons (Fsp3) is 0.200. The van der Waals surface area contributed by atoms with Crippen molar-refractivity contribution < 1.29 is 19.4 Å². The monoisotopic (exact) mass is 352 g/mol. The molecule has 134 valence electrons. The average molecular weight is 352 g/mol. The first kappa shape index (κ1) is 17.5. The van der Waals surface area contributed by atoms with Crippen LogP contribution in [0.15, 0.2) is 54.7 Å². The molecule has 0 unspecified atom stereocenters. The number of aliphatic carboxylic acids is 1. The molecule has 0 aliphatic rings. The van der Waals surface area contributed by atoms with Gasteiger partial charge in [-0.3, -0.25) is 4.79 Å². The first-order chi connectivity index (χ1) is 12.5. The van der Waals surface area contributed by atoms with Crippen molar-refractivity contribution in [2.24, 2.45) is 0 Å². The second kappa shape index (κ2) is 7.74. The summed E-state index contributed by atoms with van der Waals surface area (Å²) in [7, 11) is 0. The van der Waals surface area contributed by atoms with Crippen molar-refractivity contribution in [3.63, 3.8) is 0 Å². The minimum Gasteiger partial charge on any atom is -0.487 e. The standard InChI is InChI=1S/C20H20N2O4/c1-13(23)22-17(20(24)25)10-15-11-21-19-16(15)8-5-9-18(19)26-12-14-6-3-2-4-7-14/h2-9,11,17,21H,10,12H2,1H3,(H,22,23)(H,24,25)/t17-/m1/s1. The number of carbonyl (C=O) groups is 2. The summed E-state index contributed by atoms with van der Waals surface area (Å²) < 4.78 is 5.92. The smallest absolute Gasteiger partial charge is 0.326 e. The number of carboxylic acid groups (broad SMARTS) is 1. The molecule has 1 amide bonds. The van der Waals surface area contributed by atoms with E-state index in [1.807, 2.05) is 48.5 Å². The average Bonchev–Trinajstić information content (AvgIpc) is 3.03. The van der Waals surface area contributed by atoms with Gasteiger partial charge in [0, 0.05) is 24.9 Å². The fourth-order valence-corrected chi connectivity index (χ4v) is 2.87. The highest BCUT2D eigenvalue weighted by atomic mass is 16.5. The Morgan fingerprint density at radius 2 is 1.92 bits per heavy atom. The van der Waals surface area contributed by atoms with Gasteiger partial charge in [-0.1, -0.05) is 42.5 Å². The van der Waals surface area contributed by atoms with Gasteiger partial charge in [-0.25, -0.2) is 4.79 Å². The maximum absolute atomic E-state index is 11.4. The molecular weight excluding hydrogens is 332 g/mol. The molecule has 0 radical (unpaired) electrons. The maximum Gasteiger partial charge on any atom is 0.326 e.